The van der Waals surface area contributed by atoms with Gasteiger partial charge in [0.2, 0.25) is 0 Å². The number of nitrogens with one attached hydrogen (secondary N) is 1. The summed E-state index contributed by atoms with van der Waals surface area (Å²) in [7, 11) is 0. The number of rotatable bonds is 1. The Hall–Kier alpha value is -2.23. The van der Waals surface area contributed by atoms with E-state index in [0.717, 1.165) is 28.1 Å². The minimum Gasteiger partial charge on any atom is -0.361 e. The number of aromatic amines is 1. The lowest BCUT2D eigenvalue weighted by molar-refractivity contribution is -0.137. The number of halogens is 3. The first-order valence-corrected chi connectivity index (χ1v) is 6.20. The number of H-pyrrole nitrogens is 1. The lowest BCUT2D eigenvalue weighted by atomic mass is 10.0. The molecule has 0 radical (unpaired) electrons. The van der Waals surface area contributed by atoms with Gasteiger partial charge in [-0.05, 0) is 47.9 Å². The summed E-state index contributed by atoms with van der Waals surface area (Å²) in [6.45, 7) is 1.97. The minimum atomic E-state index is -4.32. The number of benzene rings is 2. The molecule has 0 spiro atoms. The third-order valence-corrected chi connectivity index (χ3v) is 3.41. The maximum absolute atomic E-state index is 12.7. The van der Waals surface area contributed by atoms with Crippen molar-refractivity contribution in [3.63, 3.8) is 0 Å². The van der Waals surface area contributed by atoms with Crippen molar-refractivity contribution in [1.29, 1.82) is 0 Å². The highest BCUT2D eigenvalue weighted by molar-refractivity contribution is 5.87. The normalized spacial score (nSPS) is 12.0. The summed E-state index contributed by atoms with van der Waals surface area (Å²) in [5.41, 5.74) is 2.79. The van der Waals surface area contributed by atoms with Crippen LogP contribution in [0.25, 0.3) is 22.0 Å². The van der Waals surface area contributed by atoms with Crippen LogP contribution in [0.2, 0.25) is 0 Å². The van der Waals surface area contributed by atoms with E-state index in [1.807, 2.05) is 31.3 Å². The van der Waals surface area contributed by atoms with Crippen LogP contribution in [0, 0.1) is 6.92 Å². The summed E-state index contributed by atoms with van der Waals surface area (Å²) in [6, 6.07) is 11.0. The third-order valence-electron chi connectivity index (χ3n) is 3.41. The van der Waals surface area contributed by atoms with Crippen molar-refractivity contribution < 1.29 is 13.2 Å². The molecule has 20 heavy (non-hydrogen) atoms. The molecule has 0 saturated heterocycles. The average Bonchev–Trinajstić information content (AvgIpc) is 2.79. The zero-order chi connectivity index (χ0) is 14.3. The minimum absolute atomic E-state index is 0.572. The van der Waals surface area contributed by atoms with E-state index in [9.17, 15) is 13.2 Å². The Bertz CT molecular complexity index is 769. The molecule has 0 saturated carbocycles. The molecule has 1 N–H and O–H groups in total. The molecule has 1 nitrogen and oxygen atoms in total. The number of aromatic nitrogens is 1. The molecule has 1 aromatic heterocycles. The van der Waals surface area contributed by atoms with Gasteiger partial charge in [0.1, 0.15) is 0 Å². The SMILES string of the molecule is Cc1c[nH]c2ccc(-c3cccc(C(F)(F)F)c3)cc12. The zero-order valence-electron chi connectivity index (χ0n) is 10.8. The number of alkyl halides is 3. The molecule has 0 bridgehead atoms. The summed E-state index contributed by atoms with van der Waals surface area (Å²) in [6.07, 6.45) is -2.43. The maximum Gasteiger partial charge on any atom is 0.416 e. The summed E-state index contributed by atoms with van der Waals surface area (Å²) >= 11 is 0. The van der Waals surface area contributed by atoms with Crippen molar-refractivity contribution in [2.45, 2.75) is 13.1 Å². The molecule has 2 aromatic carbocycles. The molecule has 0 aliphatic heterocycles. The van der Waals surface area contributed by atoms with Gasteiger partial charge in [-0.25, -0.2) is 0 Å². The van der Waals surface area contributed by atoms with Crippen molar-refractivity contribution >= 4 is 10.9 Å². The third kappa shape index (κ3) is 2.18. The summed E-state index contributed by atoms with van der Waals surface area (Å²) in [5.74, 6) is 0. The Morgan fingerprint density at radius 1 is 0.950 bits per heavy atom. The van der Waals surface area contributed by atoms with Crippen LogP contribution >= 0.6 is 0 Å². The predicted molar refractivity (Wildman–Crippen MR) is 73.5 cm³/mol. The van der Waals surface area contributed by atoms with Gasteiger partial charge in [0.25, 0.3) is 0 Å². The van der Waals surface area contributed by atoms with Crippen LogP contribution in [0.1, 0.15) is 11.1 Å². The first kappa shape index (κ1) is 12.8. The highest BCUT2D eigenvalue weighted by Gasteiger charge is 2.30. The molecule has 0 amide bonds. The van der Waals surface area contributed by atoms with Gasteiger partial charge in [0.15, 0.2) is 0 Å². The van der Waals surface area contributed by atoms with E-state index in [4.69, 9.17) is 0 Å². The largest absolute Gasteiger partial charge is 0.416 e. The van der Waals surface area contributed by atoms with Crippen molar-refractivity contribution in [2.24, 2.45) is 0 Å². The fourth-order valence-corrected chi connectivity index (χ4v) is 2.31. The number of aryl methyl sites for hydroxylation is 1. The molecule has 0 fully saturated rings. The maximum atomic E-state index is 12.7. The van der Waals surface area contributed by atoms with Gasteiger partial charge in [-0.2, -0.15) is 13.2 Å². The first-order chi connectivity index (χ1) is 9.45. The van der Waals surface area contributed by atoms with Crippen molar-refractivity contribution in [1.82, 2.24) is 4.98 Å². The molecular weight excluding hydrogens is 263 g/mol. The van der Waals surface area contributed by atoms with Crippen LogP contribution < -0.4 is 0 Å². The highest BCUT2D eigenvalue weighted by Crippen LogP contribution is 2.33. The smallest absolute Gasteiger partial charge is 0.361 e. The van der Waals surface area contributed by atoms with Gasteiger partial charge in [0, 0.05) is 17.1 Å². The van der Waals surface area contributed by atoms with Crippen molar-refractivity contribution in [2.75, 3.05) is 0 Å². The number of fused-ring (bicyclic) bond motifs is 1. The Balaban J connectivity index is 2.13. The second-order valence-corrected chi connectivity index (χ2v) is 4.81. The molecule has 0 aliphatic carbocycles. The fourth-order valence-electron chi connectivity index (χ4n) is 2.31. The van der Waals surface area contributed by atoms with Gasteiger partial charge >= 0.3 is 6.18 Å². The second-order valence-electron chi connectivity index (χ2n) is 4.81. The molecule has 3 rings (SSSR count). The second kappa shape index (κ2) is 4.40. The molecule has 1 heterocycles. The topological polar surface area (TPSA) is 15.8 Å². The lowest BCUT2D eigenvalue weighted by Gasteiger charge is -2.09. The summed E-state index contributed by atoms with van der Waals surface area (Å²) in [5, 5.41) is 1.03. The van der Waals surface area contributed by atoms with Crippen molar-refractivity contribution in [3.05, 3.63) is 59.8 Å². The van der Waals surface area contributed by atoms with Gasteiger partial charge in [-0.15, -0.1) is 0 Å². The molecular formula is C16H12F3N. The fraction of sp³-hybridized carbons (Fsp3) is 0.125. The molecule has 102 valence electrons. The standard InChI is InChI=1S/C16H12F3N/c1-10-9-20-15-6-5-12(8-14(10)15)11-3-2-4-13(7-11)16(17,18)19/h2-9,20H,1H3. The number of hydrogen-bond donors (Lipinski definition) is 1. The van der Waals surface area contributed by atoms with E-state index >= 15 is 0 Å². The molecule has 0 atom stereocenters. The quantitative estimate of drug-likeness (QED) is 0.631. The van der Waals surface area contributed by atoms with E-state index < -0.39 is 11.7 Å². The zero-order valence-corrected chi connectivity index (χ0v) is 10.8. The Morgan fingerprint density at radius 2 is 1.70 bits per heavy atom. The Morgan fingerprint density at radius 3 is 2.45 bits per heavy atom. The van der Waals surface area contributed by atoms with Crippen LogP contribution in [0.4, 0.5) is 13.2 Å². The number of hydrogen-bond acceptors (Lipinski definition) is 0. The van der Waals surface area contributed by atoms with E-state index in [1.165, 1.54) is 12.1 Å². The first-order valence-electron chi connectivity index (χ1n) is 6.20. The Kier molecular flexibility index (Phi) is 2.82. The molecule has 4 heteroatoms. The van der Waals surface area contributed by atoms with Crippen molar-refractivity contribution in [3.8, 4) is 11.1 Å². The van der Waals surface area contributed by atoms with E-state index in [2.05, 4.69) is 4.98 Å². The Labute approximate surface area is 114 Å². The van der Waals surface area contributed by atoms with Gasteiger partial charge in [-0.1, -0.05) is 18.2 Å². The lowest BCUT2D eigenvalue weighted by Crippen LogP contribution is -2.04. The van der Waals surface area contributed by atoms with Crippen LogP contribution in [-0.4, -0.2) is 4.98 Å². The van der Waals surface area contributed by atoms with Gasteiger partial charge in [0.05, 0.1) is 5.56 Å². The monoisotopic (exact) mass is 275 g/mol. The van der Waals surface area contributed by atoms with Gasteiger partial charge < -0.3 is 4.98 Å². The van der Waals surface area contributed by atoms with Crippen LogP contribution in [-0.2, 0) is 6.18 Å². The molecule has 0 aliphatic rings. The van der Waals surface area contributed by atoms with Crippen LogP contribution in [0.3, 0.4) is 0 Å². The van der Waals surface area contributed by atoms with Crippen LogP contribution in [0.15, 0.2) is 48.7 Å². The summed E-state index contributed by atoms with van der Waals surface area (Å²) in [4.78, 5) is 3.12. The van der Waals surface area contributed by atoms with Crippen LogP contribution in [0.5, 0.6) is 0 Å². The highest BCUT2D eigenvalue weighted by atomic mass is 19.4. The predicted octanol–water partition coefficient (Wildman–Crippen LogP) is 5.16. The average molecular weight is 275 g/mol. The van der Waals surface area contributed by atoms with E-state index in [-0.39, 0.29) is 0 Å². The molecule has 3 aromatic rings. The molecule has 0 unspecified atom stereocenters. The summed E-state index contributed by atoms with van der Waals surface area (Å²) < 4.78 is 38.2. The van der Waals surface area contributed by atoms with Gasteiger partial charge in [-0.3, -0.25) is 0 Å². The van der Waals surface area contributed by atoms with E-state index in [1.54, 1.807) is 6.07 Å². The van der Waals surface area contributed by atoms with E-state index in [0.29, 0.717) is 5.56 Å².